The molecule has 1 rings (SSSR count). The zero-order chi connectivity index (χ0) is 12.0. The molecule has 0 saturated carbocycles. The number of hydrogen-bond acceptors (Lipinski definition) is 3. The van der Waals surface area contributed by atoms with Gasteiger partial charge in [0.2, 0.25) is 0 Å². The summed E-state index contributed by atoms with van der Waals surface area (Å²) < 4.78 is 17.8. The van der Waals surface area contributed by atoms with Crippen molar-refractivity contribution < 1.29 is 13.9 Å². The van der Waals surface area contributed by atoms with E-state index < -0.39 is 11.9 Å². The van der Waals surface area contributed by atoms with E-state index in [1.807, 2.05) is 0 Å². The molecule has 0 radical (unpaired) electrons. The summed E-state index contributed by atoms with van der Waals surface area (Å²) in [5, 5.41) is 0. The lowest BCUT2D eigenvalue weighted by Crippen LogP contribution is -2.30. The molecule has 0 amide bonds. The minimum atomic E-state index is -0.586. The molecule has 1 aromatic carbocycles. The lowest BCUT2D eigenvalue weighted by Gasteiger charge is -2.10. The van der Waals surface area contributed by atoms with E-state index in [0.717, 1.165) is 6.42 Å². The fourth-order valence-corrected chi connectivity index (χ4v) is 1.43. The summed E-state index contributed by atoms with van der Waals surface area (Å²) in [6.45, 7) is 0.574. The van der Waals surface area contributed by atoms with Crippen LogP contribution in [0, 0.1) is 5.82 Å². The summed E-state index contributed by atoms with van der Waals surface area (Å²) in [6.07, 6.45) is 1.27. The number of carbonyl (C=O) groups is 1. The third kappa shape index (κ3) is 3.72. The summed E-state index contributed by atoms with van der Waals surface area (Å²) in [5.41, 5.74) is 6.04. The van der Waals surface area contributed by atoms with E-state index >= 15 is 0 Å². The number of carbonyl (C=O) groups excluding carboxylic acids is 1. The Hall–Kier alpha value is -1.26. The maximum absolute atomic E-state index is 12.9. The van der Waals surface area contributed by atoms with Gasteiger partial charge in [-0.05, 0) is 25.0 Å². The van der Waals surface area contributed by atoms with Gasteiger partial charge in [0.15, 0.2) is 5.78 Å². The number of ketones is 1. The van der Waals surface area contributed by atoms with Gasteiger partial charge < -0.3 is 10.5 Å². The monoisotopic (exact) mass is 225 g/mol. The van der Waals surface area contributed by atoms with Crippen LogP contribution in [0.4, 0.5) is 4.39 Å². The molecule has 0 aliphatic rings. The van der Waals surface area contributed by atoms with Crippen LogP contribution in [0.1, 0.15) is 23.2 Å². The highest BCUT2D eigenvalue weighted by molar-refractivity contribution is 5.99. The summed E-state index contributed by atoms with van der Waals surface area (Å²) in [4.78, 5) is 11.8. The third-order valence-electron chi connectivity index (χ3n) is 2.31. The highest BCUT2D eigenvalue weighted by Gasteiger charge is 2.15. The van der Waals surface area contributed by atoms with Crippen molar-refractivity contribution in [1.82, 2.24) is 0 Å². The van der Waals surface area contributed by atoms with Crippen LogP contribution in [-0.4, -0.2) is 25.5 Å². The van der Waals surface area contributed by atoms with Crippen LogP contribution >= 0.6 is 0 Å². The second-order valence-corrected chi connectivity index (χ2v) is 3.62. The average molecular weight is 225 g/mol. The van der Waals surface area contributed by atoms with Crippen molar-refractivity contribution >= 4 is 5.78 Å². The van der Waals surface area contributed by atoms with E-state index in [0.29, 0.717) is 18.6 Å². The minimum Gasteiger partial charge on any atom is -0.385 e. The van der Waals surface area contributed by atoms with Gasteiger partial charge in [0.25, 0.3) is 0 Å². The number of methoxy groups -OCH3 is 1. The van der Waals surface area contributed by atoms with Gasteiger partial charge in [-0.3, -0.25) is 4.79 Å². The van der Waals surface area contributed by atoms with Crippen LogP contribution in [0.15, 0.2) is 24.3 Å². The molecule has 0 aromatic heterocycles. The van der Waals surface area contributed by atoms with E-state index in [1.54, 1.807) is 13.2 Å². The highest BCUT2D eigenvalue weighted by atomic mass is 19.1. The molecule has 1 unspecified atom stereocenters. The standard InChI is InChI=1S/C12H16FNO2/c1-16-7-3-6-11(14)12(15)9-4-2-5-10(13)8-9/h2,4-5,8,11H,3,6-7,14H2,1H3. The number of ether oxygens (including phenoxy) is 1. The van der Waals surface area contributed by atoms with Gasteiger partial charge in [-0.25, -0.2) is 4.39 Å². The van der Waals surface area contributed by atoms with Crippen molar-refractivity contribution in [3.8, 4) is 0 Å². The van der Waals surface area contributed by atoms with Crippen molar-refractivity contribution in [3.63, 3.8) is 0 Å². The van der Waals surface area contributed by atoms with E-state index in [1.165, 1.54) is 18.2 Å². The molecule has 3 nitrogen and oxygen atoms in total. The zero-order valence-electron chi connectivity index (χ0n) is 9.28. The molecule has 2 N–H and O–H groups in total. The SMILES string of the molecule is COCCCC(N)C(=O)c1cccc(F)c1. The number of benzene rings is 1. The van der Waals surface area contributed by atoms with Gasteiger partial charge in [-0.1, -0.05) is 12.1 Å². The summed E-state index contributed by atoms with van der Waals surface area (Å²) in [7, 11) is 1.60. The second kappa shape index (κ2) is 6.35. The largest absolute Gasteiger partial charge is 0.385 e. The highest BCUT2D eigenvalue weighted by Crippen LogP contribution is 2.08. The van der Waals surface area contributed by atoms with Crippen molar-refractivity contribution in [2.45, 2.75) is 18.9 Å². The maximum Gasteiger partial charge on any atom is 0.179 e. The molecule has 4 heteroatoms. The first-order chi connectivity index (χ1) is 7.65. The van der Waals surface area contributed by atoms with Crippen LogP contribution < -0.4 is 5.73 Å². The molecule has 1 atom stereocenters. The van der Waals surface area contributed by atoms with Crippen molar-refractivity contribution in [3.05, 3.63) is 35.6 Å². The van der Waals surface area contributed by atoms with Crippen LogP contribution in [0.5, 0.6) is 0 Å². The van der Waals surface area contributed by atoms with Crippen LogP contribution in [0.25, 0.3) is 0 Å². The molecule has 0 aliphatic heterocycles. The molecule has 0 aliphatic carbocycles. The van der Waals surface area contributed by atoms with E-state index in [4.69, 9.17) is 10.5 Å². The average Bonchev–Trinajstić information content (AvgIpc) is 2.28. The van der Waals surface area contributed by atoms with Gasteiger partial charge in [0.05, 0.1) is 6.04 Å². The molecular weight excluding hydrogens is 209 g/mol. The van der Waals surface area contributed by atoms with Gasteiger partial charge in [-0.15, -0.1) is 0 Å². The van der Waals surface area contributed by atoms with Crippen molar-refractivity contribution in [2.75, 3.05) is 13.7 Å². The maximum atomic E-state index is 12.9. The molecule has 0 heterocycles. The van der Waals surface area contributed by atoms with E-state index in [9.17, 15) is 9.18 Å². The van der Waals surface area contributed by atoms with Gasteiger partial charge in [0, 0.05) is 19.3 Å². The number of rotatable bonds is 6. The predicted octanol–water partition coefficient (Wildman–Crippen LogP) is 1.76. The van der Waals surface area contributed by atoms with Crippen LogP contribution in [-0.2, 0) is 4.74 Å². The summed E-state index contributed by atoms with van der Waals surface area (Å²) >= 11 is 0. The predicted molar refractivity (Wildman–Crippen MR) is 59.8 cm³/mol. The Morgan fingerprint density at radius 2 is 2.31 bits per heavy atom. The normalized spacial score (nSPS) is 12.4. The van der Waals surface area contributed by atoms with E-state index in [-0.39, 0.29) is 5.78 Å². The Kier molecular flexibility index (Phi) is 5.08. The smallest absolute Gasteiger partial charge is 0.179 e. The number of halogens is 1. The molecule has 0 spiro atoms. The van der Waals surface area contributed by atoms with Gasteiger partial charge in [-0.2, -0.15) is 0 Å². The molecule has 88 valence electrons. The molecular formula is C12H16FNO2. The number of nitrogens with two attached hydrogens (primary N) is 1. The van der Waals surface area contributed by atoms with Crippen molar-refractivity contribution in [2.24, 2.45) is 5.73 Å². The van der Waals surface area contributed by atoms with Gasteiger partial charge >= 0.3 is 0 Å². The quantitative estimate of drug-likeness (QED) is 0.593. The fourth-order valence-electron chi connectivity index (χ4n) is 1.43. The minimum absolute atomic E-state index is 0.226. The topological polar surface area (TPSA) is 52.3 Å². The molecule has 0 bridgehead atoms. The molecule has 0 saturated heterocycles. The Morgan fingerprint density at radius 3 is 2.94 bits per heavy atom. The molecule has 1 aromatic rings. The Balaban J connectivity index is 2.56. The first-order valence-corrected chi connectivity index (χ1v) is 5.19. The number of hydrogen-bond donors (Lipinski definition) is 1. The Bertz CT molecular complexity index is 355. The fraction of sp³-hybridized carbons (Fsp3) is 0.417. The second-order valence-electron chi connectivity index (χ2n) is 3.62. The lowest BCUT2D eigenvalue weighted by molar-refractivity contribution is 0.0950. The third-order valence-corrected chi connectivity index (χ3v) is 2.31. The Morgan fingerprint density at radius 1 is 1.56 bits per heavy atom. The first-order valence-electron chi connectivity index (χ1n) is 5.19. The van der Waals surface area contributed by atoms with Crippen LogP contribution in [0.3, 0.4) is 0 Å². The number of Topliss-reactive ketones (excluding diaryl/α,β-unsaturated/α-hetero) is 1. The van der Waals surface area contributed by atoms with Crippen LogP contribution in [0.2, 0.25) is 0 Å². The summed E-state index contributed by atoms with van der Waals surface area (Å²) in [5.74, 6) is -0.648. The first kappa shape index (κ1) is 12.8. The van der Waals surface area contributed by atoms with Gasteiger partial charge in [0.1, 0.15) is 5.82 Å². The van der Waals surface area contributed by atoms with E-state index in [2.05, 4.69) is 0 Å². The summed E-state index contributed by atoms with van der Waals surface area (Å²) in [6, 6.07) is 4.99. The molecule has 0 fully saturated rings. The Labute approximate surface area is 94.4 Å². The lowest BCUT2D eigenvalue weighted by atomic mass is 10.0. The molecule has 16 heavy (non-hydrogen) atoms. The zero-order valence-corrected chi connectivity index (χ0v) is 9.28. The van der Waals surface area contributed by atoms with Crippen molar-refractivity contribution in [1.29, 1.82) is 0 Å².